The normalized spacial score (nSPS) is 22.8. The molecule has 2 heteroatoms. The van der Waals surface area contributed by atoms with E-state index in [0.717, 1.165) is 19.1 Å². The average molecular weight is 217 g/mol. The maximum atomic E-state index is 5.23. The van der Waals surface area contributed by atoms with Gasteiger partial charge in [0.15, 0.2) is 0 Å². The highest BCUT2D eigenvalue weighted by molar-refractivity contribution is 5.25. The van der Waals surface area contributed by atoms with Gasteiger partial charge in [0.25, 0.3) is 0 Å². The fourth-order valence-corrected chi connectivity index (χ4v) is 2.29. The van der Waals surface area contributed by atoms with Gasteiger partial charge in [-0.1, -0.05) is 29.8 Å². The number of hydrogen-bond donors (Lipinski definition) is 1. The van der Waals surface area contributed by atoms with Crippen LogP contribution >= 0.6 is 0 Å². The van der Waals surface area contributed by atoms with Gasteiger partial charge in [-0.05, 0) is 31.2 Å². The summed E-state index contributed by atoms with van der Waals surface area (Å²) in [6, 6.07) is 10.1. The van der Waals surface area contributed by atoms with Gasteiger partial charge < -0.3 is 10.1 Å². The van der Waals surface area contributed by atoms with E-state index in [2.05, 4.69) is 36.5 Å². The lowest BCUT2D eigenvalue weighted by Gasteiger charge is -2.32. The lowest BCUT2D eigenvalue weighted by molar-refractivity contribution is -0.0113. The summed E-state index contributed by atoms with van der Waals surface area (Å²) in [5.41, 5.74) is 2.78. The molecule has 2 fully saturated rings. The highest BCUT2D eigenvalue weighted by Gasteiger charge is 2.34. The Hall–Kier alpha value is -0.860. The Morgan fingerprint density at radius 1 is 1.19 bits per heavy atom. The summed E-state index contributed by atoms with van der Waals surface area (Å²) in [4.78, 5) is 0. The molecule has 16 heavy (non-hydrogen) atoms. The lowest BCUT2D eigenvalue weighted by atomic mass is 10.00. The van der Waals surface area contributed by atoms with Gasteiger partial charge in [-0.25, -0.2) is 0 Å². The molecular formula is C14H19NO. The summed E-state index contributed by atoms with van der Waals surface area (Å²) in [6.45, 7) is 3.91. The van der Waals surface area contributed by atoms with E-state index in [1.54, 1.807) is 0 Å². The Kier molecular flexibility index (Phi) is 2.70. The molecule has 0 bridgehead atoms. The Labute approximate surface area is 97.0 Å². The minimum Gasteiger partial charge on any atom is -0.378 e. The third kappa shape index (κ3) is 2.13. The monoisotopic (exact) mass is 217 g/mol. The standard InChI is InChI=1S/C14H19NO/c1-10-2-4-11(5-3-10)14(12-6-7-12)15-13-8-16-9-13/h2-5,12-15H,6-9H2,1H3. The molecule has 1 heterocycles. The summed E-state index contributed by atoms with van der Waals surface area (Å²) in [5.74, 6) is 0.850. The van der Waals surface area contributed by atoms with Crippen LogP contribution in [0.1, 0.15) is 30.0 Å². The van der Waals surface area contributed by atoms with E-state index >= 15 is 0 Å². The minimum atomic E-state index is 0.550. The Balaban J connectivity index is 1.73. The molecule has 1 unspecified atom stereocenters. The molecule has 0 aromatic heterocycles. The number of hydrogen-bond acceptors (Lipinski definition) is 2. The SMILES string of the molecule is Cc1ccc(C(NC2COC2)C2CC2)cc1. The molecule has 1 aromatic carbocycles. The van der Waals surface area contributed by atoms with E-state index in [9.17, 15) is 0 Å². The quantitative estimate of drug-likeness (QED) is 0.836. The van der Waals surface area contributed by atoms with Crippen molar-refractivity contribution < 1.29 is 4.74 Å². The zero-order valence-electron chi connectivity index (χ0n) is 9.78. The summed E-state index contributed by atoms with van der Waals surface area (Å²) < 4.78 is 5.23. The molecule has 1 saturated carbocycles. The molecule has 1 aliphatic heterocycles. The van der Waals surface area contributed by atoms with Gasteiger partial charge in [0, 0.05) is 6.04 Å². The van der Waals surface area contributed by atoms with E-state index in [-0.39, 0.29) is 0 Å². The van der Waals surface area contributed by atoms with Crippen LogP contribution in [0.15, 0.2) is 24.3 Å². The van der Waals surface area contributed by atoms with Crippen molar-refractivity contribution in [3.05, 3.63) is 35.4 Å². The predicted molar refractivity (Wildman–Crippen MR) is 64.4 cm³/mol. The van der Waals surface area contributed by atoms with Gasteiger partial charge in [-0.2, -0.15) is 0 Å². The van der Waals surface area contributed by atoms with Crippen LogP contribution in [-0.4, -0.2) is 19.3 Å². The first-order chi connectivity index (χ1) is 7.83. The molecule has 2 aliphatic rings. The molecule has 0 amide bonds. The van der Waals surface area contributed by atoms with E-state index in [4.69, 9.17) is 4.74 Å². The number of aryl methyl sites for hydroxylation is 1. The maximum absolute atomic E-state index is 5.23. The Bertz CT molecular complexity index is 352. The van der Waals surface area contributed by atoms with Crippen molar-refractivity contribution in [3.63, 3.8) is 0 Å². The van der Waals surface area contributed by atoms with E-state index < -0.39 is 0 Å². The van der Waals surface area contributed by atoms with Crippen molar-refractivity contribution in [2.75, 3.05) is 13.2 Å². The second-order valence-corrected chi connectivity index (χ2v) is 5.13. The van der Waals surface area contributed by atoms with Gasteiger partial charge in [0.2, 0.25) is 0 Å². The van der Waals surface area contributed by atoms with Crippen molar-refractivity contribution in [1.29, 1.82) is 0 Å². The molecule has 0 radical (unpaired) electrons. The number of nitrogens with one attached hydrogen (secondary N) is 1. The van der Waals surface area contributed by atoms with E-state index in [0.29, 0.717) is 12.1 Å². The van der Waals surface area contributed by atoms with Crippen LogP contribution in [0.4, 0.5) is 0 Å². The van der Waals surface area contributed by atoms with Gasteiger partial charge in [0.05, 0.1) is 19.3 Å². The molecule has 1 N–H and O–H groups in total. The average Bonchev–Trinajstić information content (AvgIpc) is 3.02. The summed E-state index contributed by atoms with van der Waals surface area (Å²) >= 11 is 0. The number of rotatable bonds is 4. The fraction of sp³-hybridized carbons (Fsp3) is 0.571. The zero-order valence-corrected chi connectivity index (χ0v) is 9.78. The van der Waals surface area contributed by atoms with Crippen molar-refractivity contribution in [3.8, 4) is 0 Å². The van der Waals surface area contributed by atoms with Crippen molar-refractivity contribution >= 4 is 0 Å². The topological polar surface area (TPSA) is 21.3 Å². The Morgan fingerprint density at radius 2 is 1.88 bits per heavy atom. The zero-order chi connectivity index (χ0) is 11.0. The first-order valence-corrected chi connectivity index (χ1v) is 6.23. The van der Waals surface area contributed by atoms with Gasteiger partial charge in [-0.15, -0.1) is 0 Å². The van der Waals surface area contributed by atoms with E-state index in [1.165, 1.54) is 24.0 Å². The minimum absolute atomic E-state index is 0.550. The maximum Gasteiger partial charge on any atom is 0.0643 e. The van der Waals surface area contributed by atoms with Crippen LogP contribution in [0, 0.1) is 12.8 Å². The second kappa shape index (κ2) is 4.19. The molecule has 1 aromatic rings. The molecule has 0 spiro atoms. The predicted octanol–water partition coefficient (Wildman–Crippen LogP) is 2.43. The van der Waals surface area contributed by atoms with Crippen LogP contribution < -0.4 is 5.32 Å². The highest BCUT2D eigenvalue weighted by atomic mass is 16.5. The third-order valence-electron chi connectivity index (χ3n) is 3.58. The van der Waals surface area contributed by atoms with Crippen molar-refractivity contribution in [2.24, 2.45) is 5.92 Å². The highest BCUT2D eigenvalue weighted by Crippen LogP contribution is 2.41. The first kappa shape index (κ1) is 10.3. The molecule has 3 rings (SSSR count). The lowest BCUT2D eigenvalue weighted by Crippen LogP contribution is -2.47. The Morgan fingerprint density at radius 3 is 2.38 bits per heavy atom. The fourth-order valence-electron chi connectivity index (χ4n) is 2.29. The molecule has 1 saturated heterocycles. The number of ether oxygens (including phenoxy) is 1. The van der Waals surface area contributed by atoms with Crippen LogP contribution in [0.25, 0.3) is 0 Å². The number of benzene rings is 1. The van der Waals surface area contributed by atoms with Crippen LogP contribution in [0.5, 0.6) is 0 Å². The summed E-state index contributed by atoms with van der Waals surface area (Å²) in [6.07, 6.45) is 2.75. The molecule has 2 nitrogen and oxygen atoms in total. The summed E-state index contributed by atoms with van der Waals surface area (Å²) in [5, 5.41) is 3.73. The van der Waals surface area contributed by atoms with Crippen molar-refractivity contribution in [1.82, 2.24) is 5.32 Å². The first-order valence-electron chi connectivity index (χ1n) is 6.23. The van der Waals surface area contributed by atoms with Crippen LogP contribution in [0.3, 0.4) is 0 Å². The molecule has 86 valence electrons. The second-order valence-electron chi connectivity index (χ2n) is 5.13. The van der Waals surface area contributed by atoms with Crippen LogP contribution in [-0.2, 0) is 4.74 Å². The summed E-state index contributed by atoms with van der Waals surface area (Å²) in [7, 11) is 0. The molecule has 1 aliphatic carbocycles. The van der Waals surface area contributed by atoms with Gasteiger partial charge in [0.1, 0.15) is 0 Å². The third-order valence-corrected chi connectivity index (χ3v) is 3.58. The van der Waals surface area contributed by atoms with Crippen molar-refractivity contribution in [2.45, 2.75) is 31.8 Å². The van der Waals surface area contributed by atoms with Gasteiger partial charge in [-0.3, -0.25) is 0 Å². The largest absolute Gasteiger partial charge is 0.378 e. The molecular weight excluding hydrogens is 198 g/mol. The van der Waals surface area contributed by atoms with Crippen LogP contribution in [0.2, 0.25) is 0 Å². The smallest absolute Gasteiger partial charge is 0.0643 e. The van der Waals surface area contributed by atoms with Gasteiger partial charge >= 0.3 is 0 Å². The van der Waals surface area contributed by atoms with E-state index in [1.807, 2.05) is 0 Å². The molecule has 1 atom stereocenters.